The first kappa shape index (κ1) is 13.5. The first-order valence-corrected chi connectivity index (χ1v) is 8.46. The molecule has 0 spiro atoms. The Morgan fingerprint density at radius 2 is 1.23 bits per heavy atom. The number of anilines is 2. The molecule has 0 amide bonds. The number of rotatable bonds is 2. The molecule has 2 N–H and O–H groups in total. The summed E-state index contributed by atoms with van der Waals surface area (Å²) in [6.07, 6.45) is 3.28. The van der Waals surface area contributed by atoms with Crippen LogP contribution in [-0.4, -0.2) is 5.78 Å². The molecule has 4 rings (SSSR count). The minimum atomic E-state index is -0.0226. The molecule has 0 fully saturated rings. The molecule has 2 aliphatic heterocycles. The van der Waals surface area contributed by atoms with Gasteiger partial charge in [0.05, 0.1) is 21.4 Å². The van der Waals surface area contributed by atoms with Crippen LogP contribution in [0.5, 0.6) is 0 Å². The second kappa shape index (κ2) is 5.59. The van der Waals surface area contributed by atoms with E-state index in [4.69, 9.17) is 0 Å². The van der Waals surface area contributed by atoms with E-state index in [0.29, 0.717) is 0 Å². The lowest BCUT2D eigenvalue weighted by Crippen LogP contribution is -1.97. The van der Waals surface area contributed by atoms with Crippen LogP contribution in [0.4, 0.5) is 11.4 Å². The average molecular weight is 324 g/mol. The van der Waals surface area contributed by atoms with Crippen molar-refractivity contribution in [1.82, 2.24) is 0 Å². The Kier molecular flexibility index (Phi) is 3.44. The van der Waals surface area contributed by atoms with E-state index < -0.39 is 0 Å². The molecule has 108 valence electrons. The van der Waals surface area contributed by atoms with Crippen molar-refractivity contribution < 1.29 is 4.79 Å². The fourth-order valence-electron chi connectivity index (χ4n) is 2.30. The highest BCUT2D eigenvalue weighted by molar-refractivity contribution is 8.04. The van der Waals surface area contributed by atoms with Crippen molar-refractivity contribution in [2.45, 2.75) is 9.79 Å². The molecular formula is C17H12N2OS2. The lowest BCUT2D eigenvalue weighted by molar-refractivity contribution is -0.110. The fraction of sp³-hybridized carbons (Fsp3) is 0. The lowest BCUT2D eigenvalue weighted by atomic mass is 10.3. The third kappa shape index (κ3) is 2.65. The largest absolute Gasteiger partial charge is 0.349 e. The van der Waals surface area contributed by atoms with Gasteiger partial charge >= 0.3 is 0 Å². The summed E-state index contributed by atoms with van der Waals surface area (Å²) in [6.45, 7) is 0. The molecule has 0 saturated heterocycles. The van der Waals surface area contributed by atoms with E-state index >= 15 is 0 Å². The maximum atomic E-state index is 12.2. The van der Waals surface area contributed by atoms with Crippen molar-refractivity contribution in [3.05, 3.63) is 70.7 Å². The van der Waals surface area contributed by atoms with Gasteiger partial charge in [0.2, 0.25) is 0 Å². The summed E-state index contributed by atoms with van der Waals surface area (Å²) in [5.41, 5.74) is 2.11. The zero-order valence-electron chi connectivity index (χ0n) is 11.5. The summed E-state index contributed by atoms with van der Waals surface area (Å²) < 4.78 is 0. The third-order valence-electron chi connectivity index (χ3n) is 3.28. The van der Waals surface area contributed by atoms with Crippen LogP contribution in [0.3, 0.4) is 0 Å². The summed E-state index contributed by atoms with van der Waals surface area (Å²) in [4.78, 5) is 14.5. The Labute approximate surface area is 136 Å². The topological polar surface area (TPSA) is 41.1 Å². The quantitative estimate of drug-likeness (QED) is 0.785. The number of fused-ring (bicyclic) bond motifs is 2. The van der Waals surface area contributed by atoms with E-state index in [1.807, 2.05) is 48.5 Å². The Morgan fingerprint density at radius 3 is 1.68 bits per heavy atom. The van der Waals surface area contributed by atoms with Gasteiger partial charge in [0.1, 0.15) is 0 Å². The number of hydrogen-bond donors (Lipinski definition) is 2. The van der Waals surface area contributed by atoms with Crippen molar-refractivity contribution in [2.24, 2.45) is 0 Å². The molecule has 0 bridgehead atoms. The summed E-state index contributed by atoms with van der Waals surface area (Å²) in [6, 6.07) is 16.1. The predicted octanol–water partition coefficient (Wildman–Crippen LogP) is 4.67. The van der Waals surface area contributed by atoms with Crippen LogP contribution in [0.15, 0.2) is 80.5 Å². The Hall–Kier alpha value is -2.11. The summed E-state index contributed by atoms with van der Waals surface area (Å²) in [7, 11) is 0. The molecule has 0 saturated carbocycles. The molecule has 22 heavy (non-hydrogen) atoms. The summed E-state index contributed by atoms with van der Waals surface area (Å²) >= 11 is 3.16. The molecule has 2 aliphatic rings. The number of ketones is 1. The summed E-state index contributed by atoms with van der Waals surface area (Å²) in [5, 5.41) is 8.24. The third-order valence-corrected chi connectivity index (χ3v) is 5.31. The van der Waals surface area contributed by atoms with Crippen molar-refractivity contribution in [3.8, 4) is 0 Å². The molecule has 0 unspecified atom stereocenters. The molecule has 3 nitrogen and oxygen atoms in total. The van der Waals surface area contributed by atoms with Crippen LogP contribution < -0.4 is 10.6 Å². The van der Waals surface area contributed by atoms with E-state index in [2.05, 4.69) is 10.6 Å². The second-order valence-electron chi connectivity index (χ2n) is 4.87. The monoisotopic (exact) mass is 324 g/mol. The molecule has 0 atom stereocenters. The molecular weight excluding hydrogens is 312 g/mol. The van der Waals surface area contributed by atoms with Gasteiger partial charge < -0.3 is 10.6 Å². The first-order valence-electron chi connectivity index (χ1n) is 6.83. The maximum absolute atomic E-state index is 12.2. The van der Waals surface area contributed by atoms with Crippen molar-refractivity contribution in [2.75, 3.05) is 10.6 Å². The maximum Gasteiger partial charge on any atom is 0.183 e. The molecule has 2 heterocycles. The van der Waals surface area contributed by atoms with Crippen LogP contribution in [0, 0.1) is 0 Å². The SMILES string of the molecule is O=C(/C=C1/Nc2ccccc2S1)/C=C1/Nc2ccccc2S1. The molecule has 2 aromatic rings. The lowest BCUT2D eigenvalue weighted by Gasteiger charge is -1.98. The van der Waals surface area contributed by atoms with Crippen LogP contribution in [0.2, 0.25) is 0 Å². The van der Waals surface area contributed by atoms with E-state index in [9.17, 15) is 4.79 Å². The van der Waals surface area contributed by atoms with Gasteiger partial charge in [0, 0.05) is 21.9 Å². The van der Waals surface area contributed by atoms with Gasteiger partial charge in [-0.15, -0.1) is 0 Å². The Morgan fingerprint density at radius 1 is 0.773 bits per heavy atom. The standard InChI is InChI=1S/C17H12N2OS2/c20-11(9-16-18-12-5-1-3-7-14(12)21-16)10-17-19-13-6-2-4-8-15(13)22-17/h1-10,18-19H/b16-9-,17-10-. The zero-order chi connectivity index (χ0) is 14.9. The first-order chi connectivity index (χ1) is 10.8. The number of thioether (sulfide) groups is 2. The van der Waals surface area contributed by atoms with E-state index in [0.717, 1.165) is 31.2 Å². The van der Waals surface area contributed by atoms with Gasteiger partial charge in [-0.25, -0.2) is 0 Å². The molecule has 0 aliphatic carbocycles. The van der Waals surface area contributed by atoms with Gasteiger partial charge in [-0.3, -0.25) is 4.79 Å². The van der Waals surface area contributed by atoms with Crippen LogP contribution in [0.25, 0.3) is 0 Å². The highest BCUT2D eigenvalue weighted by Gasteiger charge is 2.17. The number of benzene rings is 2. The molecule has 5 heteroatoms. The Balaban J connectivity index is 1.49. The van der Waals surface area contributed by atoms with Crippen LogP contribution in [0.1, 0.15) is 0 Å². The van der Waals surface area contributed by atoms with E-state index in [1.54, 1.807) is 35.7 Å². The highest BCUT2D eigenvalue weighted by Crippen LogP contribution is 2.41. The number of nitrogens with one attached hydrogen (secondary N) is 2. The smallest absolute Gasteiger partial charge is 0.183 e. The van der Waals surface area contributed by atoms with Gasteiger partial charge in [0.25, 0.3) is 0 Å². The average Bonchev–Trinajstić information content (AvgIpc) is 3.08. The van der Waals surface area contributed by atoms with E-state index in [-0.39, 0.29) is 5.78 Å². The highest BCUT2D eigenvalue weighted by atomic mass is 32.2. The van der Waals surface area contributed by atoms with Gasteiger partial charge in [-0.2, -0.15) is 0 Å². The number of carbonyl (C=O) groups is 1. The predicted molar refractivity (Wildman–Crippen MR) is 93.0 cm³/mol. The minimum Gasteiger partial charge on any atom is -0.349 e. The molecule has 2 aromatic carbocycles. The van der Waals surface area contributed by atoms with Gasteiger partial charge in [-0.1, -0.05) is 47.8 Å². The fourth-order valence-corrected chi connectivity index (χ4v) is 4.20. The molecule has 0 aromatic heterocycles. The van der Waals surface area contributed by atoms with Crippen LogP contribution in [-0.2, 0) is 4.79 Å². The van der Waals surface area contributed by atoms with Crippen molar-refractivity contribution >= 4 is 40.7 Å². The number of hydrogen-bond acceptors (Lipinski definition) is 5. The zero-order valence-corrected chi connectivity index (χ0v) is 13.1. The van der Waals surface area contributed by atoms with Crippen molar-refractivity contribution in [3.63, 3.8) is 0 Å². The normalized spacial score (nSPS) is 18.7. The Bertz CT molecular complexity index is 705. The number of para-hydroxylation sites is 2. The number of allylic oxidation sites excluding steroid dienone is 2. The van der Waals surface area contributed by atoms with Gasteiger partial charge in [-0.05, 0) is 24.3 Å². The van der Waals surface area contributed by atoms with Gasteiger partial charge in [0.15, 0.2) is 5.78 Å². The minimum absolute atomic E-state index is 0.0226. The van der Waals surface area contributed by atoms with Crippen molar-refractivity contribution in [1.29, 1.82) is 0 Å². The second-order valence-corrected chi connectivity index (χ2v) is 7.03. The van der Waals surface area contributed by atoms with Crippen LogP contribution >= 0.6 is 23.5 Å². The number of carbonyl (C=O) groups excluding carboxylic acids is 1. The molecule has 0 radical (unpaired) electrons. The summed E-state index contributed by atoms with van der Waals surface area (Å²) in [5.74, 6) is -0.0226. The van der Waals surface area contributed by atoms with E-state index in [1.165, 1.54) is 0 Å².